The lowest BCUT2D eigenvalue weighted by Crippen LogP contribution is -2.09. The lowest BCUT2D eigenvalue weighted by molar-refractivity contribution is -0.123. The summed E-state index contributed by atoms with van der Waals surface area (Å²) >= 11 is 0. The minimum atomic E-state index is 0.132. The number of hydrogen-bond acceptors (Lipinski definition) is 2. The van der Waals surface area contributed by atoms with Crippen molar-refractivity contribution in [2.45, 2.75) is 25.7 Å². The van der Waals surface area contributed by atoms with Crippen molar-refractivity contribution in [1.82, 2.24) is 0 Å². The van der Waals surface area contributed by atoms with Gasteiger partial charge in [-0.1, -0.05) is 6.42 Å². The molecule has 0 amide bonds. The van der Waals surface area contributed by atoms with Crippen molar-refractivity contribution in [3.05, 3.63) is 0 Å². The van der Waals surface area contributed by atoms with Gasteiger partial charge in [0.2, 0.25) is 0 Å². The summed E-state index contributed by atoms with van der Waals surface area (Å²) in [5.74, 6) is 0.667. The summed E-state index contributed by atoms with van der Waals surface area (Å²) in [5.41, 5.74) is 0. The Kier molecular flexibility index (Phi) is 1.16. The topological polar surface area (TPSA) is 34.1 Å². The van der Waals surface area contributed by atoms with Gasteiger partial charge >= 0.3 is 0 Å². The maximum atomic E-state index is 11.0. The number of fused-ring (bicyclic) bond motifs is 1. The molecule has 0 radical (unpaired) electrons. The minimum Gasteiger partial charge on any atom is -0.299 e. The molecule has 0 aromatic heterocycles. The fourth-order valence-electron chi connectivity index (χ4n) is 2.16. The standard InChI is InChI=1S/C8H10O2/c9-7-4-8(10)6-3-1-2-5(6)7/h5-6H,1-4H2. The molecule has 10 heavy (non-hydrogen) atoms. The third-order valence-corrected chi connectivity index (χ3v) is 2.69. The number of hydrogen-bond donors (Lipinski definition) is 0. The summed E-state index contributed by atoms with van der Waals surface area (Å²) in [6.45, 7) is 0. The van der Waals surface area contributed by atoms with Crippen LogP contribution in [0.4, 0.5) is 0 Å². The summed E-state index contributed by atoms with van der Waals surface area (Å²) in [6, 6.07) is 0. The van der Waals surface area contributed by atoms with E-state index in [0.29, 0.717) is 0 Å². The normalized spacial score (nSPS) is 38.8. The van der Waals surface area contributed by atoms with Crippen LogP contribution in [0.3, 0.4) is 0 Å². The molecule has 2 atom stereocenters. The van der Waals surface area contributed by atoms with E-state index < -0.39 is 0 Å². The number of rotatable bonds is 0. The van der Waals surface area contributed by atoms with E-state index in [-0.39, 0.29) is 29.8 Å². The van der Waals surface area contributed by atoms with E-state index in [2.05, 4.69) is 0 Å². The average Bonchev–Trinajstić information content (AvgIpc) is 2.39. The molecule has 2 aliphatic carbocycles. The van der Waals surface area contributed by atoms with Crippen LogP contribution in [0.15, 0.2) is 0 Å². The minimum absolute atomic E-state index is 0.132. The van der Waals surface area contributed by atoms with Crippen molar-refractivity contribution in [3.63, 3.8) is 0 Å². The molecule has 2 nitrogen and oxygen atoms in total. The van der Waals surface area contributed by atoms with Crippen LogP contribution in [0.5, 0.6) is 0 Å². The number of carbonyl (C=O) groups excluding carboxylic acids is 2. The van der Waals surface area contributed by atoms with E-state index in [0.717, 1.165) is 19.3 Å². The Hall–Kier alpha value is -0.660. The van der Waals surface area contributed by atoms with Gasteiger partial charge in [-0.25, -0.2) is 0 Å². The fourth-order valence-corrected chi connectivity index (χ4v) is 2.16. The molecule has 0 aliphatic heterocycles. The van der Waals surface area contributed by atoms with Gasteiger partial charge < -0.3 is 0 Å². The summed E-state index contributed by atoms with van der Waals surface area (Å²) in [7, 11) is 0. The van der Waals surface area contributed by atoms with Crippen LogP contribution in [0.2, 0.25) is 0 Å². The molecule has 54 valence electrons. The van der Waals surface area contributed by atoms with Crippen molar-refractivity contribution in [2.24, 2.45) is 11.8 Å². The zero-order valence-electron chi connectivity index (χ0n) is 5.80. The second kappa shape index (κ2) is 1.91. The van der Waals surface area contributed by atoms with Gasteiger partial charge in [0.05, 0.1) is 6.42 Å². The Morgan fingerprint density at radius 1 is 1.00 bits per heavy atom. The quantitative estimate of drug-likeness (QED) is 0.467. The first-order valence-electron chi connectivity index (χ1n) is 3.84. The average molecular weight is 138 g/mol. The van der Waals surface area contributed by atoms with Gasteiger partial charge in [0.15, 0.2) is 0 Å². The zero-order valence-corrected chi connectivity index (χ0v) is 5.80. The highest BCUT2D eigenvalue weighted by Crippen LogP contribution is 2.39. The highest BCUT2D eigenvalue weighted by molar-refractivity contribution is 6.08. The maximum absolute atomic E-state index is 11.0. The van der Waals surface area contributed by atoms with Gasteiger partial charge in [0.25, 0.3) is 0 Å². The van der Waals surface area contributed by atoms with Crippen LogP contribution in [0.1, 0.15) is 25.7 Å². The molecule has 2 heteroatoms. The monoisotopic (exact) mass is 138 g/mol. The molecular formula is C8H10O2. The number of Topliss-reactive ketones (excluding diaryl/α,β-unsaturated/α-hetero) is 2. The molecule has 0 bridgehead atoms. The molecule has 0 heterocycles. The van der Waals surface area contributed by atoms with Crippen LogP contribution < -0.4 is 0 Å². The molecule has 0 saturated heterocycles. The Balaban J connectivity index is 2.27. The van der Waals surface area contributed by atoms with E-state index in [1.54, 1.807) is 0 Å². The van der Waals surface area contributed by atoms with Crippen molar-refractivity contribution < 1.29 is 9.59 Å². The summed E-state index contributed by atoms with van der Waals surface area (Å²) < 4.78 is 0. The molecule has 2 saturated carbocycles. The van der Waals surface area contributed by atoms with Gasteiger partial charge in [-0.15, -0.1) is 0 Å². The van der Waals surface area contributed by atoms with Crippen molar-refractivity contribution in [3.8, 4) is 0 Å². The number of carbonyl (C=O) groups is 2. The summed E-state index contributed by atoms with van der Waals surface area (Å²) in [5, 5.41) is 0. The SMILES string of the molecule is O=C1CC(=O)C2CCCC12. The molecule has 2 fully saturated rings. The summed E-state index contributed by atoms with van der Waals surface area (Å²) in [4.78, 5) is 22.1. The first-order valence-corrected chi connectivity index (χ1v) is 3.84. The van der Waals surface area contributed by atoms with Gasteiger partial charge in [-0.2, -0.15) is 0 Å². The second-order valence-electron chi connectivity index (χ2n) is 3.25. The molecule has 2 unspecified atom stereocenters. The van der Waals surface area contributed by atoms with Crippen molar-refractivity contribution in [1.29, 1.82) is 0 Å². The predicted molar refractivity (Wildman–Crippen MR) is 35.5 cm³/mol. The number of ketones is 2. The molecule has 2 aliphatic rings. The smallest absolute Gasteiger partial charge is 0.144 e. The Morgan fingerprint density at radius 2 is 1.50 bits per heavy atom. The Labute approximate surface area is 59.6 Å². The zero-order chi connectivity index (χ0) is 7.14. The Morgan fingerprint density at radius 3 is 2.00 bits per heavy atom. The first kappa shape index (κ1) is 6.08. The molecule has 2 rings (SSSR count). The second-order valence-corrected chi connectivity index (χ2v) is 3.25. The van der Waals surface area contributed by atoms with Crippen LogP contribution in [-0.4, -0.2) is 11.6 Å². The van der Waals surface area contributed by atoms with E-state index >= 15 is 0 Å². The van der Waals surface area contributed by atoms with Crippen LogP contribution in [0, 0.1) is 11.8 Å². The maximum Gasteiger partial charge on any atom is 0.144 e. The highest BCUT2D eigenvalue weighted by atomic mass is 16.2. The third kappa shape index (κ3) is 0.648. The van der Waals surface area contributed by atoms with Crippen molar-refractivity contribution >= 4 is 11.6 Å². The molecule has 0 spiro atoms. The summed E-state index contributed by atoms with van der Waals surface area (Å²) in [6.07, 6.45) is 3.24. The van der Waals surface area contributed by atoms with Crippen LogP contribution in [0.25, 0.3) is 0 Å². The van der Waals surface area contributed by atoms with E-state index in [9.17, 15) is 9.59 Å². The third-order valence-electron chi connectivity index (χ3n) is 2.69. The molecular weight excluding hydrogens is 128 g/mol. The largest absolute Gasteiger partial charge is 0.299 e. The van der Waals surface area contributed by atoms with Gasteiger partial charge in [0.1, 0.15) is 11.6 Å². The van der Waals surface area contributed by atoms with E-state index in [4.69, 9.17) is 0 Å². The van der Waals surface area contributed by atoms with Crippen molar-refractivity contribution in [2.75, 3.05) is 0 Å². The Bertz CT molecular complexity index is 175. The van der Waals surface area contributed by atoms with Crippen LogP contribution >= 0.6 is 0 Å². The lowest BCUT2D eigenvalue weighted by Gasteiger charge is -2.01. The van der Waals surface area contributed by atoms with Gasteiger partial charge in [0, 0.05) is 11.8 Å². The lowest BCUT2D eigenvalue weighted by atomic mass is 10.00. The van der Waals surface area contributed by atoms with Gasteiger partial charge in [-0.3, -0.25) is 9.59 Å². The molecule has 0 aromatic carbocycles. The van der Waals surface area contributed by atoms with Gasteiger partial charge in [-0.05, 0) is 12.8 Å². The predicted octanol–water partition coefficient (Wildman–Crippen LogP) is 0.945. The van der Waals surface area contributed by atoms with E-state index in [1.165, 1.54) is 0 Å². The van der Waals surface area contributed by atoms with E-state index in [1.807, 2.05) is 0 Å². The molecule has 0 aromatic rings. The highest BCUT2D eigenvalue weighted by Gasteiger charge is 2.43. The van der Waals surface area contributed by atoms with Crippen LogP contribution in [-0.2, 0) is 9.59 Å². The fraction of sp³-hybridized carbons (Fsp3) is 0.750. The molecule has 0 N–H and O–H groups in total. The first-order chi connectivity index (χ1) is 4.79.